The summed E-state index contributed by atoms with van der Waals surface area (Å²) in [5.41, 5.74) is 1.32. The van der Waals surface area contributed by atoms with E-state index in [9.17, 15) is 0 Å². The molecule has 15 heavy (non-hydrogen) atoms. The molecule has 0 unspecified atom stereocenters. The molecule has 2 rings (SSSR count). The number of methoxy groups -OCH3 is 2. The molecule has 1 fully saturated rings. The van der Waals surface area contributed by atoms with Crippen molar-refractivity contribution >= 4 is 23.5 Å². The molecule has 0 bridgehead atoms. The van der Waals surface area contributed by atoms with Crippen LogP contribution in [0.25, 0.3) is 0 Å². The first-order chi connectivity index (χ1) is 7.35. The van der Waals surface area contributed by atoms with Crippen molar-refractivity contribution in [2.24, 2.45) is 0 Å². The average molecular weight is 242 g/mol. The fourth-order valence-corrected chi connectivity index (χ4v) is 4.39. The Bertz CT molecular complexity index is 335. The maximum absolute atomic E-state index is 5.29. The second kappa shape index (κ2) is 5.03. The van der Waals surface area contributed by atoms with Crippen LogP contribution in [0, 0.1) is 0 Å². The molecule has 1 saturated heterocycles. The number of thioether (sulfide) groups is 2. The van der Waals surface area contributed by atoms with E-state index in [4.69, 9.17) is 9.47 Å². The van der Waals surface area contributed by atoms with E-state index in [2.05, 4.69) is 12.1 Å². The maximum Gasteiger partial charge on any atom is 0.161 e. The molecule has 0 radical (unpaired) electrons. The third-order valence-corrected chi connectivity index (χ3v) is 5.41. The van der Waals surface area contributed by atoms with Crippen molar-refractivity contribution in [3.8, 4) is 11.5 Å². The van der Waals surface area contributed by atoms with Gasteiger partial charge in [-0.1, -0.05) is 6.07 Å². The van der Waals surface area contributed by atoms with Crippen LogP contribution < -0.4 is 9.47 Å². The fourth-order valence-electron chi connectivity index (χ4n) is 1.55. The predicted octanol–water partition coefficient (Wildman–Crippen LogP) is 3.18. The number of hydrogen-bond acceptors (Lipinski definition) is 4. The Morgan fingerprint density at radius 1 is 1.07 bits per heavy atom. The van der Waals surface area contributed by atoms with Crippen LogP contribution in [0.1, 0.15) is 10.1 Å². The summed E-state index contributed by atoms with van der Waals surface area (Å²) < 4.78 is 11.1. The summed E-state index contributed by atoms with van der Waals surface area (Å²) in [5.74, 6) is 4.10. The number of ether oxygens (including phenoxy) is 2. The van der Waals surface area contributed by atoms with Crippen molar-refractivity contribution in [3.05, 3.63) is 23.8 Å². The number of benzene rings is 1. The molecule has 1 aromatic carbocycles. The normalized spacial score (nSPS) is 16.7. The van der Waals surface area contributed by atoms with E-state index in [0.717, 1.165) is 11.5 Å². The van der Waals surface area contributed by atoms with Crippen LogP contribution in [0.2, 0.25) is 0 Å². The molecule has 0 aliphatic carbocycles. The Morgan fingerprint density at radius 3 is 2.33 bits per heavy atom. The van der Waals surface area contributed by atoms with Crippen molar-refractivity contribution in [1.29, 1.82) is 0 Å². The highest BCUT2D eigenvalue weighted by Crippen LogP contribution is 2.46. The second-order valence-electron chi connectivity index (χ2n) is 3.19. The molecule has 1 aliphatic heterocycles. The lowest BCUT2D eigenvalue weighted by Crippen LogP contribution is -1.93. The Hall–Kier alpha value is -0.480. The summed E-state index contributed by atoms with van der Waals surface area (Å²) in [6.07, 6.45) is 0. The Morgan fingerprint density at radius 2 is 1.73 bits per heavy atom. The molecule has 0 saturated carbocycles. The largest absolute Gasteiger partial charge is 0.493 e. The van der Waals surface area contributed by atoms with Crippen LogP contribution in [0.5, 0.6) is 11.5 Å². The van der Waals surface area contributed by atoms with Crippen LogP contribution >= 0.6 is 23.5 Å². The molecule has 1 aliphatic rings. The van der Waals surface area contributed by atoms with Crippen molar-refractivity contribution < 1.29 is 9.47 Å². The topological polar surface area (TPSA) is 18.5 Å². The Kier molecular flexibility index (Phi) is 3.70. The van der Waals surface area contributed by atoms with E-state index in [1.165, 1.54) is 17.1 Å². The third kappa shape index (κ3) is 2.37. The van der Waals surface area contributed by atoms with Crippen LogP contribution in [-0.4, -0.2) is 25.7 Å². The van der Waals surface area contributed by atoms with E-state index in [1.807, 2.05) is 29.6 Å². The van der Waals surface area contributed by atoms with Gasteiger partial charge in [0.25, 0.3) is 0 Å². The fraction of sp³-hybridized carbons (Fsp3) is 0.455. The van der Waals surface area contributed by atoms with E-state index in [-0.39, 0.29) is 0 Å². The zero-order valence-corrected chi connectivity index (χ0v) is 10.5. The summed E-state index contributed by atoms with van der Waals surface area (Å²) >= 11 is 3.99. The first-order valence-electron chi connectivity index (χ1n) is 4.80. The lowest BCUT2D eigenvalue weighted by atomic mass is 10.2. The molecule has 1 aromatic rings. The summed E-state index contributed by atoms with van der Waals surface area (Å²) in [7, 11) is 3.34. The van der Waals surface area contributed by atoms with Gasteiger partial charge in [0.05, 0.1) is 18.8 Å². The van der Waals surface area contributed by atoms with Gasteiger partial charge in [0.2, 0.25) is 0 Å². The van der Waals surface area contributed by atoms with Crippen LogP contribution in [0.15, 0.2) is 18.2 Å². The molecule has 4 heteroatoms. The zero-order chi connectivity index (χ0) is 10.7. The highest BCUT2D eigenvalue weighted by molar-refractivity contribution is 8.19. The van der Waals surface area contributed by atoms with Gasteiger partial charge in [-0.25, -0.2) is 0 Å². The number of rotatable bonds is 3. The molecule has 0 N–H and O–H groups in total. The standard InChI is InChI=1S/C11H14O2S2/c1-12-9-4-3-8(7-10(9)13-2)11-14-5-6-15-11/h3-4,7,11H,5-6H2,1-2H3. The SMILES string of the molecule is COc1ccc(C2SCCS2)cc1OC. The third-order valence-electron chi connectivity index (χ3n) is 2.30. The monoisotopic (exact) mass is 242 g/mol. The summed E-state index contributed by atoms with van der Waals surface area (Å²) in [4.78, 5) is 0. The minimum Gasteiger partial charge on any atom is -0.493 e. The lowest BCUT2D eigenvalue weighted by Gasteiger charge is -2.12. The van der Waals surface area contributed by atoms with Gasteiger partial charge >= 0.3 is 0 Å². The van der Waals surface area contributed by atoms with Gasteiger partial charge in [-0.3, -0.25) is 0 Å². The Balaban J connectivity index is 2.25. The minimum absolute atomic E-state index is 0.560. The van der Waals surface area contributed by atoms with Crippen molar-refractivity contribution in [2.45, 2.75) is 4.58 Å². The molecule has 0 atom stereocenters. The molecule has 0 spiro atoms. The first-order valence-corrected chi connectivity index (χ1v) is 6.90. The molecular formula is C11H14O2S2. The zero-order valence-electron chi connectivity index (χ0n) is 8.86. The van der Waals surface area contributed by atoms with E-state index < -0.39 is 0 Å². The molecule has 2 nitrogen and oxygen atoms in total. The van der Waals surface area contributed by atoms with Crippen LogP contribution in [0.3, 0.4) is 0 Å². The highest BCUT2D eigenvalue weighted by Gasteiger charge is 2.19. The van der Waals surface area contributed by atoms with Gasteiger partial charge in [-0.05, 0) is 17.7 Å². The van der Waals surface area contributed by atoms with Gasteiger partial charge in [-0.15, -0.1) is 23.5 Å². The van der Waals surface area contributed by atoms with E-state index in [0.29, 0.717) is 4.58 Å². The lowest BCUT2D eigenvalue weighted by molar-refractivity contribution is 0.354. The second-order valence-corrected chi connectivity index (χ2v) is 5.91. The van der Waals surface area contributed by atoms with E-state index >= 15 is 0 Å². The van der Waals surface area contributed by atoms with Crippen molar-refractivity contribution in [3.63, 3.8) is 0 Å². The van der Waals surface area contributed by atoms with Crippen molar-refractivity contribution in [2.75, 3.05) is 25.7 Å². The van der Waals surface area contributed by atoms with Crippen LogP contribution in [0.4, 0.5) is 0 Å². The first kappa shape index (κ1) is 11.0. The molecular weight excluding hydrogens is 228 g/mol. The van der Waals surface area contributed by atoms with Gasteiger partial charge in [-0.2, -0.15) is 0 Å². The Labute approximate surface area is 98.7 Å². The minimum atomic E-state index is 0.560. The molecule has 82 valence electrons. The predicted molar refractivity (Wildman–Crippen MR) is 67.2 cm³/mol. The highest BCUT2D eigenvalue weighted by atomic mass is 32.2. The van der Waals surface area contributed by atoms with Crippen molar-refractivity contribution in [1.82, 2.24) is 0 Å². The number of hydrogen-bond donors (Lipinski definition) is 0. The van der Waals surface area contributed by atoms with Gasteiger partial charge < -0.3 is 9.47 Å². The maximum atomic E-state index is 5.29. The average Bonchev–Trinajstić information content (AvgIpc) is 2.81. The summed E-state index contributed by atoms with van der Waals surface area (Å²) in [6.45, 7) is 0. The van der Waals surface area contributed by atoms with E-state index in [1.54, 1.807) is 14.2 Å². The molecule has 0 amide bonds. The van der Waals surface area contributed by atoms with Gasteiger partial charge in [0.1, 0.15) is 0 Å². The summed E-state index contributed by atoms with van der Waals surface area (Å²) in [6, 6.07) is 6.18. The quantitative estimate of drug-likeness (QED) is 0.810. The van der Waals surface area contributed by atoms with Gasteiger partial charge in [0.15, 0.2) is 11.5 Å². The van der Waals surface area contributed by atoms with Gasteiger partial charge in [0, 0.05) is 11.5 Å². The molecule has 1 heterocycles. The summed E-state index contributed by atoms with van der Waals surface area (Å²) in [5, 5.41) is 0. The smallest absolute Gasteiger partial charge is 0.161 e. The van der Waals surface area contributed by atoms with Crippen LogP contribution in [-0.2, 0) is 0 Å². The molecule has 0 aromatic heterocycles.